The van der Waals surface area contributed by atoms with Gasteiger partial charge in [-0.15, -0.1) is 6.42 Å². The van der Waals surface area contributed by atoms with Crippen LogP contribution < -0.4 is 10.9 Å². The van der Waals surface area contributed by atoms with E-state index in [1.54, 1.807) is 13.3 Å². The van der Waals surface area contributed by atoms with Crippen LogP contribution in [0, 0.1) is 12.3 Å². The van der Waals surface area contributed by atoms with E-state index in [1.807, 2.05) is 0 Å². The van der Waals surface area contributed by atoms with Crippen molar-refractivity contribution >= 4 is 21.6 Å². The maximum absolute atomic E-state index is 11.8. The fraction of sp³-hybridized carbons (Fsp3) is 0.500. The first-order valence-electron chi connectivity index (χ1n) is 5.70. The van der Waals surface area contributed by atoms with Crippen molar-refractivity contribution in [2.24, 2.45) is 0 Å². The van der Waals surface area contributed by atoms with Crippen LogP contribution >= 0.6 is 15.9 Å². The summed E-state index contributed by atoms with van der Waals surface area (Å²) in [5.41, 5.74) is 0.358. The number of terminal acetylenes is 1. The molecule has 0 radical (unpaired) electrons. The van der Waals surface area contributed by atoms with Crippen molar-refractivity contribution in [2.75, 3.05) is 38.8 Å². The van der Waals surface area contributed by atoms with Gasteiger partial charge < -0.3 is 14.8 Å². The van der Waals surface area contributed by atoms with Gasteiger partial charge in [0.25, 0.3) is 5.56 Å². The lowest BCUT2D eigenvalue weighted by Crippen LogP contribution is -2.24. The van der Waals surface area contributed by atoms with E-state index in [0.29, 0.717) is 36.5 Å². The Kier molecular flexibility index (Phi) is 7.18. The predicted molar refractivity (Wildman–Crippen MR) is 76.2 cm³/mol. The Morgan fingerprint density at radius 1 is 1.53 bits per heavy atom. The number of hydrogen-bond acceptors (Lipinski definition) is 5. The lowest BCUT2D eigenvalue weighted by Gasteiger charge is -2.09. The summed E-state index contributed by atoms with van der Waals surface area (Å²) < 4.78 is 11.8. The van der Waals surface area contributed by atoms with Crippen molar-refractivity contribution in [3.8, 4) is 12.3 Å². The van der Waals surface area contributed by atoms with Crippen molar-refractivity contribution in [3.05, 3.63) is 21.0 Å². The third-order valence-corrected chi connectivity index (χ3v) is 2.99. The number of anilines is 1. The van der Waals surface area contributed by atoms with Crippen LogP contribution in [0.15, 0.2) is 15.5 Å². The lowest BCUT2D eigenvalue weighted by atomic mass is 10.4. The second kappa shape index (κ2) is 8.69. The van der Waals surface area contributed by atoms with Gasteiger partial charge in [0.2, 0.25) is 0 Å². The maximum atomic E-state index is 11.8. The van der Waals surface area contributed by atoms with Crippen molar-refractivity contribution in [1.82, 2.24) is 9.78 Å². The number of rotatable bonds is 8. The van der Waals surface area contributed by atoms with Gasteiger partial charge in [-0.1, -0.05) is 5.92 Å². The van der Waals surface area contributed by atoms with E-state index in [4.69, 9.17) is 15.9 Å². The molecule has 0 saturated carbocycles. The Bertz CT molecular complexity index is 496. The molecule has 19 heavy (non-hydrogen) atoms. The van der Waals surface area contributed by atoms with Gasteiger partial charge in [-0.2, -0.15) is 5.10 Å². The van der Waals surface area contributed by atoms with Crippen LogP contribution in [-0.4, -0.2) is 43.3 Å². The normalized spacial score (nSPS) is 10.2. The van der Waals surface area contributed by atoms with Crippen molar-refractivity contribution < 1.29 is 9.47 Å². The second-order valence-electron chi connectivity index (χ2n) is 3.57. The van der Waals surface area contributed by atoms with E-state index in [2.05, 4.69) is 32.3 Å². The summed E-state index contributed by atoms with van der Waals surface area (Å²) in [6.07, 6.45) is 6.70. The third-order valence-electron chi connectivity index (χ3n) is 2.22. The largest absolute Gasteiger partial charge is 0.382 e. The molecule has 0 aliphatic carbocycles. The molecule has 6 nitrogen and oxygen atoms in total. The van der Waals surface area contributed by atoms with Gasteiger partial charge >= 0.3 is 0 Å². The molecule has 1 aromatic rings. The van der Waals surface area contributed by atoms with Crippen LogP contribution in [0.4, 0.5) is 5.69 Å². The van der Waals surface area contributed by atoms with Crippen LogP contribution in [0.25, 0.3) is 0 Å². The van der Waals surface area contributed by atoms with Crippen LogP contribution in [0.3, 0.4) is 0 Å². The molecule has 104 valence electrons. The van der Waals surface area contributed by atoms with Gasteiger partial charge in [0.05, 0.1) is 31.7 Å². The van der Waals surface area contributed by atoms with Gasteiger partial charge in [0.15, 0.2) is 0 Å². The summed E-state index contributed by atoms with van der Waals surface area (Å²) in [6, 6.07) is 0. The first-order valence-corrected chi connectivity index (χ1v) is 6.49. The van der Waals surface area contributed by atoms with Gasteiger partial charge in [0, 0.05) is 13.7 Å². The van der Waals surface area contributed by atoms with Gasteiger partial charge in [-0.05, 0) is 15.9 Å². The Balaban J connectivity index is 2.49. The third kappa shape index (κ3) is 5.03. The van der Waals surface area contributed by atoms with E-state index >= 15 is 0 Å². The Labute approximate surface area is 120 Å². The van der Waals surface area contributed by atoms with E-state index in [-0.39, 0.29) is 12.1 Å². The zero-order chi connectivity index (χ0) is 14.1. The van der Waals surface area contributed by atoms with E-state index in [1.165, 1.54) is 4.68 Å². The zero-order valence-electron chi connectivity index (χ0n) is 10.7. The first-order chi connectivity index (χ1) is 9.20. The maximum Gasteiger partial charge on any atom is 0.284 e. The second-order valence-corrected chi connectivity index (χ2v) is 4.36. The highest BCUT2D eigenvalue weighted by molar-refractivity contribution is 9.10. The predicted octanol–water partition coefficient (Wildman–Crippen LogP) is 0.714. The van der Waals surface area contributed by atoms with Crippen molar-refractivity contribution in [3.63, 3.8) is 0 Å². The average Bonchev–Trinajstić information content (AvgIpc) is 2.41. The quantitative estimate of drug-likeness (QED) is 0.562. The molecule has 0 spiro atoms. The molecule has 0 unspecified atom stereocenters. The molecule has 0 fully saturated rings. The highest BCUT2D eigenvalue weighted by atomic mass is 79.9. The van der Waals surface area contributed by atoms with Gasteiger partial charge in [0.1, 0.15) is 11.0 Å². The Morgan fingerprint density at radius 3 is 3.00 bits per heavy atom. The van der Waals surface area contributed by atoms with Crippen molar-refractivity contribution in [1.29, 1.82) is 0 Å². The fourth-order valence-corrected chi connectivity index (χ4v) is 1.74. The fourth-order valence-electron chi connectivity index (χ4n) is 1.29. The van der Waals surface area contributed by atoms with Crippen LogP contribution in [0.1, 0.15) is 0 Å². The van der Waals surface area contributed by atoms with Crippen LogP contribution in [0.5, 0.6) is 0 Å². The van der Waals surface area contributed by atoms with Gasteiger partial charge in [-0.25, -0.2) is 4.68 Å². The average molecular weight is 330 g/mol. The molecule has 1 rings (SSSR count). The summed E-state index contributed by atoms with van der Waals surface area (Å²) >= 11 is 3.23. The molecule has 7 heteroatoms. The summed E-state index contributed by atoms with van der Waals surface area (Å²) in [7, 11) is 1.62. The Morgan fingerprint density at radius 2 is 2.32 bits per heavy atom. The van der Waals surface area contributed by atoms with E-state index in [9.17, 15) is 4.79 Å². The number of methoxy groups -OCH3 is 1. The zero-order valence-corrected chi connectivity index (χ0v) is 12.3. The minimum absolute atomic E-state index is 0.151. The highest BCUT2D eigenvalue weighted by Crippen LogP contribution is 2.15. The Hall–Kier alpha value is -1.36. The topological polar surface area (TPSA) is 65.4 Å². The molecule has 0 aliphatic heterocycles. The van der Waals surface area contributed by atoms with Crippen molar-refractivity contribution in [2.45, 2.75) is 6.54 Å². The smallest absolute Gasteiger partial charge is 0.284 e. The number of nitrogens with one attached hydrogen (secondary N) is 1. The molecular formula is C12H16BrN3O3. The highest BCUT2D eigenvalue weighted by Gasteiger charge is 2.07. The lowest BCUT2D eigenvalue weighted by molar-refractivity contribution is 0.0759. The molecule has 0 aliphatic rings. The van der Waals surface area contributed by atoms with E-state index < -0.39 is 0 Å². The summed E-state index contributed by atoms with van der Waals surface area (Å²) in [5.74, 6) is 2.37. The minimum atomic E-state index is -0.261. The summed E-state index contributed by atoms with van der Waals surface area (Å²) in [4.78, 5) is 11.8. The van der Waals surface area contributed by atoms with Gasteiger partial charge in [-0.3, -0.25) is 4.79 Å². The number of hydrogen-bond donors (Lipinski definition) is 1. The standard InChI is InChI=1S/C12H16BrN3O3/c1-3-5-16-12(17)11(13)10(9-15-16)14-4-6-19-8-7-18-2/h1,9,14H,4-8H2,2H3. The molecule has 0 aromatic carbocycles. The molecule has 1 aromatic heterocycles. The van der Waals surface area contributed by atoms with Crippen LogP contribution in [0.2, 0.25) is 0 Å². The molecule has 1 heterocycles. The number of nitrogens with zero attached hydrogens (tertiary/aromatic N) is 2. The molecule has 0 saturated heterocycles. The molecule has 1 N–H and O–H groups in total. The van der Waals surface area contributed by atoms with Crippen LogP contribution in [-0.2, 0) is 16.0 Å². The minimum Gasteiger partial charge on any atom is -0.382 e. The summed E-state index contributed by atoms with van der Waals surface area (Å²) in [6.45, 7) is 2.35. The van der Waals surface area contributed by atoms with E-state index in [0.717, 1.165) is 0 Å². The number of halogens is 1. The molecule has 0 atom stereocenters. The number of ether oxygens (including phenoxy) is 2. The molecular weight excluding hydrogens is 314 g/mol. The molecule has 0 amide bonds. The SMILES string of the molecule is C#CCn1ncc(NCCOCCOC)c(Br)c1=O. The monoisotopic (exact) mass is 329 g/mol. The molecule has 0 bridgehead atoms. The first kappa shape index (κ1) is 15.7. The number of aromatic nitrogens is 2. The summed E-state index contributed by atoms with van der Waals surface area (Å²) in [5, 5.41) is 7.03.